The molecule has 1 aliphatic heterocycles. The zero-order valence-electron chi connectivity index (χ0n) is 9.63. The summed E-state index contributed by atoms with van der Waals surface area (Å²) in [7, 11) is 0. The highest BCUT2D eigenvalue weighted by atomic mass is 79.9. The summed E-state index contributed by atoms with van der Waals surface area (Å²) in [6.45, 7) is 1.46. The Hall–Kier alpha value is -0.480. The van der Waals surface area contributed by atoms with E-state index in [1.165, 1.54) is 18.6 Å². The lowest BCUT2D eigenvalue weighted by Gasteiger charge is -2.34. The van der Waals surface area contributed by atoms with E-state index in [0.717, 1.165) is 30.8 Å². The van der Waals surface area contributed by atoms with Crippen LogP contribution in [0.3, 0.4) is 0 Å². The monoisotopic (exact) mass is 303 g/mol. The minimum Gasteiger partial charge on any atom is -0.295 e. The molecule has 0 bridgehead atoms. The number of nitrogens with zero attached hydrogens (tertiary/aromatic N) is 1. The van der Waals surface area contributed by atoms with Gasteiger partial charge in [0.05, 0.1) is 0 Å². The van der Waals surface area contributed by atoms with Gasteiger partial charge < -0.3 is 0 Å². The Morgan fingerprint density at radius 3 is 2.88 bits per heavy atom. The zero-order valence-corrected chi connectivity index (χ0v) is 11.2. The fourth-order valence-electron chi connectivity index (χ4n) is 2.33. The molecule has 1 fully saturated rings. The maximum atomic E-state index is 13.6. The van der Waals surface area contributed by atoms with Crippen LogP contribution in [-0.4, -0.2) is 22.8 Å². The summed E-state index contributed by atoms with van der Waals surface area (Å²) in [5, 5.41) is 0.893. The molecular weight excluding hydrogens is 288 g/mol. The van der Waals surface area contributed by atoms with Gasteiger partial charge in [0.1, 0.15) is 11.6 Å². The second kappa shape index (κ2) is 5.91. The maximum absolute atomic E-state index is 13.6. The molecule has 1 unspecified atom stereocenters. The molecule has 0 amide bonds. The SMILES string of the molecule is Fc1ccc(F)c(CN2CCCCC2CBr)c1. The molecule has 0 spiro atoms. The van der Waals surface area contributed by atoms with Crippen molar-refractivity contribution in [2.24, 2.45) is 0 Å². The smallest absolute Gasteiger partial charge is 0.127 e. The molecule has 1 atom stereocenters. The Morgan fingerprint density at radius 2 is 2.12 bits per heavy atom. The van der Waals surface area contributed by atoms with E-state index in [1.807, 2.05) is 0 Å². The van der Waals surface area contributed by atoms with E-state index >= 15 is 0 Å². The van der Waals surface area contributed by atoms with E-state index in [1.54, 1.807) is 0 Å². The molecule has 17 heavy (non-hydrogen) atoms. The second-order valence-electron chi connectivity index (χ2n) is 4.51. The number of halogens is 3. The zero-order chi connectivity index (χ0) is 12.3. The first-order valence-corrected chi connectivity index (χ1v) is 7.07. The fraction of sp³-hybridized carbons (Fsp3) is 0.538. The minimum absolute atomic E-state index is 0.315. The molecule has 1 heterocycles. The van der Waals surface area contributed by atoms with Crippen molar-refractivity contribution in [3.05, 3.63) is 35.4 Å². The summed E-state index contributed by atoms with van der Waals surface area (Å²) in [4.78, 5) is 2.23. The molecule has 2 rings (SSSR count). The highest BCUT2D eigenvalue weighted by Gasteiger charge is 2.22. The predicted octanol–water partition coefficient (Wildman–Crippen LogP) is 3.71. The lowest BCUT2D eigenvalue weighted by Crippen LogP contribution is -2.40. The van der Waals surface area contributed by atoms with E-state index in [2.05, 4.69) is 20.8 Å². The van der Waals surface area contributed by atoms with Crippen molar-refractivity contribution < 1.29 is 8.78 Å². The van der Waals surface area contributed by atoms with Crippen molar-refractivity contribution in [2.45, 2.75) is 31.8 Å². The lowest BCUT2D eigenvalue weighted by atomic mass is 10.0. The first-order valence-electron chi connectivity index (χ1n) is 5.94. The molecule has 1 aromatic rings. The summed E-state index contributed by atoms with van der Waals surface area (Å²) >= 11 is 3.49. The van der Waals surface area contributed by atoms with Gasteiger partial charge in [0.2, 0.25) is 0 Å². The second-order valence-corrected chi connectivity index (χ2v) is 5.16. The van der Waals surface area contributed by atoms with Gasteiger partial charge in [0.25, 0.3) is 0 Å². The largest absolute Gasteiger partial charge is 0.295 e. The molecule has 0 radical (unpaired) electrons. The van der Waals surface area contributed by atoms with E-state index in [0.29, 0.717) is 18.2 Å². The minimum atomic E-state index is -0.367. The van der Waals surface area contributed by atoms with E-state index in [9.17, 15) is 8.78 Å². The number of hydrogen-bond acceptors (Lipinski definition) is 1. The van der Waals surface area contributed by atoms with Gasteiger partial charge in [-0.1, -0.05) is 22.4 Å². The molecule has 4 heteroatoms. The molecule has 0 aliphatic carbocycles. The van der Waals surface area contributed by atoms with Crippen LogP contribution in [0.15, 0.2) is 18.2 Å². The Labute approximate surface area is 109 Å². The van der Waals surface area contributed by atoms with Gasteiger partial charge in [-0.2, -0.15) is 0 Å². The van der Waals surface area contributed by atoms with Crippen LogP contribution in [0.4, 0.5) is 8.78 Å². The summed E-state index contributed by atoms with van der Waals surface area (Å²) in [6, 6.07) is 4.11. The van der Waals surface area contributed by atoms with Crippen molar-refractivity contribution in [1.82, 2.24) is 4.90 Å². The third kappa shape index (κ3) is 3.26. The highest BCUT2D eigenvalue weighted by molar-refractivity contribution is 9.09. The Balaban J connectivity index is 2.10. The predicted molar refractivity (Wildman–Crippen MR) is 68.2 cm³/mol. The third-order valence-corrected chi connectivity index (χ3v) is 4.06. The molecule has 0 saturated carbocycles. The van der Waals surface area contributed by atoms with Gasteiger partial charge in [-0.25, -0.2) is 8.78 Å². The molecule has 0 aromatic heterocycles. The normalized spacial score (nSPS) is 21.7. The van der Waals surface area contributed by atoms with E-state index < -0.39 is 0 Å². The first kappa shape index (κ1) is 13.0. The number of rotatable bonds is 3. The van der Waals surface area contributed by atoms with Gasteiger partial charge in [0, 0.05) is 23.5 Å². The summed E-state index contributed by atoms with van der Waals surface area (Å²) < 4.78 is 26.6. The van der Waals surface area contributed by atoms with Gasteiger partial charge in [-0.15, -0.1) is 0 Å². The van der Waals surface area contributed by atoms with Gasteiger partial charge in [-0.3, -0.25) is 4.90 Å². The van der Waals surface area contributed by atoms with Crippen LogP contribution in [-0.2, 0) is 6.54 Å². The van der Waals surface area contributed by atoms with Gasteiger partial charge >= 0.3 is 0 Å². The fourth-order valence-corrected chi connectivity index (χ4v) is 3.06. The van der Waals surface area contributed by atoms with Crippen LogP contribution < -0.4 is 0 Å². The Morgan fingerprint density at radius 1 is 1.29 bits per heavy atom. The number of likely N-dealkylation sites (tertiary alicyclic amines) is 1. The number of benzene rings is 1. The van der Waals surface area contributed by atoms with Gasteiger partial charge in [0.15, 0.2) is 0 Å². The Bertz CT molecular complexity index is 384. The van der Waals surface area contributed by atoms with E-state index in [-0.39, 0.29) is 11.6 Å². The van der Waals surface area contributed by atoms with Crippen LogP contribution in [0.1, 0.15) is 24.8 Å². The van der Waals surface area contributed by atoms with Crippen LogP contribution in [0, 0.1) is 11.6 Å². The highest BCUT2D eigenvalue weighted by Crippen LogP contribution is 2.22. The quantitative estimate of drug-likeness (QED) is 0.769. The number of piperidine rings is 1. The van der Waals surface area contributed by atoms with Crippen molar-refractivity contribution >= 4 is 15.9 Å². The molecule has 1 aliphatic rings. The van der Waals surface area contributed by atoms with Crippen molar-refractivity contribution in [2.75, 3.05) is 11.9 Å². The summed E-state index contributed by atoms with van der Waals surface area (Å²) in [5.74, 6) is -0.681. The topological polar surface area (TPSA) is 3.24 Å². The average molecular weight is 304 g/mol. The number of hydrogen-bond donors (Lipinski definition) is 0. The Kier molecular flexibility index (Phi) is 4.51. The number of alkyl halides is 1. The van der Waals surface area contributed by atoms with Crippen molar-refractivity contribution in [3.8, 4) is 0 Å². The molecule has 1 saturated heterocycles. The standard InChI is InChI=1S/C13H16BrF2N/c14-8-12-3-1-2-6-17(12)9-10-7-11(15)4-5-13(10)16/h4-5,7,12H,1-3,6,8-9H2. The maximum Gasteiger partial charge on any atom is 0.127 e. The third-order valence-electron chi connectivity index (χ3n) is 3.31. The summed E-state index contributed by atoms with van der Waals surface area (Å²) in [6.07, 6.45) is 3.49. The summed E-state index contributed by atoms with van der Waals surface area (Å²) in [5.41, 5.74) is 0.456. The molecular formula is C13H16BrF2N. The molecule has 0 N–H and O–H groups in total. The molecule has 1 nitrogen and oxygen atoms in total. The van der Waals surface area contributed by atoms with Crippen molar-refractivity contribution in [1.29, 1.82) is 0 Å². The van der Waals surface area contributed by atoms with Crippen molar-refractivity contribution in [3.63, 3.8) is 0 Å². The molecule has 1 aromatic carbocycles. The van der Waals surface area contributed by atoms with Crippen LogP contribution in [0.2, 0.25) is 0 Å². The first-order chi connectivity index (χ1) is 8.20. The van der Waals surface area contributed by atoms with Crippen LogP contribution in [0.25, 0.3) is 0 Å². The average Bonchev–Trinajstić information content (AvgIpc) is 2.34. The van der Waals surface area contributed by atoms with Gasteiger partial charge in [-0.05, 0) is 37.6 Å². The van der Waals surface area contributed by atoms with Crippen LogP contribution in [0.5, 0.6) is 0 Å². The lowest BCUT2D eigenvalue weighted by molar-refractivity contribution is 0.154. The van der Waals surface area contributed by atoms with Crippen LogP contribution >= 0.6 is 15.9 Å². The molecule has 94 valence electrons. The van der Waals surface area contributed by atoms with E-state index in [4.69, 9.17) is 0 Å².